The lowest BCUT2D eigenvalue weighted by Crippen LogP contribution is -2.46. The lowest BCUT2D eigenvalue weighted by molar-refractivity contribution is 0.130. The smallest absolute Gasteiger partial charge is 0.0110 e. The Hall–Kier alpha value is -0.0800. The van der Waals surface area contributed by atoms with Gasteiger partial charge in [0.2, 0.25) is 0 Å². The summed E-state index contributed by atoms with van der Waals surface area (Å²) in [7, 11) is 2.24. The van der Waals surface area contributed by atoms with Crippen molar-refractivity contribution in [3.05, 3.63) is 0 Å². The number of hydrogen-bond acceptors (Lipinski definition) is 2. The van der Waals surface area contributed by atoms with Gasteiger partial charge in [0.15, 0.2) is 0 Å². The highest BCUT2D eigenvalue weighted by Gasteiger charge is 2.17. The summed E-state index contributed by atoms with van der Waals surface area (Å²) in [4.78, 5) is 5.14. The second kappa shape index (κ2) is 8.93. The minimum atomic E-state index is 0.957. The van der Waals surface area contributed by atoms with E-state index in [0.29, 0.717) is 0 Å². The monoisotopic (exact) mass is 240 g/mol. The maximum Gasteiger partial charge on any atom is 0.0110 e. The normalized spacial score (nSPS) is 19.1. The topological polar surface area (TPSA) is 6.48 Å². The van der Waals surface area contributed by atoms with E-state index in [4.69, 9.17) is 0 Å². The van der Waals surface area contributed by atoms with E-state index in [9.17, 15) is 0 Å². The molecule has 0 amide bonds. The summed E-state index contributed by atoms with van der Waals surface area (Å²) in [6.45, 7) is 11.1. The molecule has 0 aromatic heterocycles. The molecule has 17 heavy (non-hydrogen) atoms. The van der Waals surface area contributed by atoms with Crippen molar-refractivity contribution in [3.8, 4) is 0 Å². The predicted molar refractivity (Wildman–Crippen MR) is 76.5 cm³/mol. The van der Waals surface area contributed by atoms with Crippen molar-refractivity contribution in [2.24, 2.45) is 5.92 Å². The van der Waals surface area contributed by atoms with Crippen LogP contribution in [0.4, 0.5) is 0 Å². The molecule has 1 fully saturated rings. The van der Waals surface area contributed by atoms with Crippen molar-refractivity contribution in [3.63, 3.8) is 0 Å². The van der Waals surface area contributed by atoms with Gasteiger partial charge in [-0.2, -0.15) is 0 Å². The van der Waals surface area contributed by atoms with Gasteiger partial charge in [0.25, 0.3) is 0 Å². The van der Waals surface area contributed by atoms with E-state index in [1.54, 1.807) is 0 Å². The van der Waals surface area contributed by atoms with Crippen molar-refractivity contribution in [1.29, 1.82) is 0 Å². The quantitative estimate of drug-likeness (QED) is 0.643. The van der Waals surface area contributed by atoms with Crippen molar-refractivity contribution < 1.29 is 0 Å². The van der Waals surface area contributed by atoms with E-state index in [0.717, 1.165) is 5.92 Å². The number of unbranched alkanes of at least 4 members (excludes halogenated alkanes) is 2. The zero-order valence-electron chi connectivity index (χ0n) is 12.2. The van der Waals surface area contributed by atoms with E-state index in [-0.39, 0.29) is 0 Å². The Labute approximate surface area is 108 Å². The van der Waals surface area contributed by atoms with E-state index < -0.39 is 0 Å². The van der Waals surface area contributed by atoms with Crippen LogP contribution in [-0.2, 0) is 0 Å². The van der Waals surface area contributed by atoms with Gasteiger partial charge in [-0.15, -0.1) is 0 Å². The summed E-state index contributed by atoms with van der Waals surface area (Å²) in [5.74, 6) is 0.957. The maximum atomic E-state index is 2.69. The summed E-state index contributed by atoms with van der Waals surface area (Å²) in [6.07, 6.45) is 8.44. The Bertz CT molecular complexity index is 166. The van der Waals surface area contributed by atoms with Crippen LogP contribution in [-0.4, -0.2) is 49.6 Å². The van der Waals surface area contributed by atoms with Gasteiger partial charge in [-0.25, -0.2) is 0 Å². The average molecular weight is 240 g/mol. The molecule has 1 heterocycles. The molecule has 0 spiro atoms. The molecule has 102 valence electrons. The summed E-state index contributed by atoms with van der Waals surface area (Å²) in [6, 6.07) is 0. The first-order valence-electron chi connectivity index (χ1n) is 7.67. The fourth-order valence-electron chi connectivity index (χ4n) is 2.71. The second-order valence-electron chi connectivity index (χ2n) is 5.75. The summed E-state index contributed by atoms with van der Waals surface area (Å²) >= 11 is 0. The van der Waals surface area contributed by atoms with Crippen molar-refractivity contribution >= 4 is 0 Å². The number of piperazine rings is 1. The van der Waals surface area contributed by atoms with Gasteiger partial charge < -0.3 is 9.80 Å². The van der Waals surface area contributed by atoms with Crippen LogP contribution in [0, 0.1) is 5.92 Å². The van der Waals surface area contributed by atoms with Crippen molar-refractivity contribution in [2.75, 3.05) is 39.8 Å². The molecule has 0 aliphatic carbocycles. The largest absolute Gasteiger partial charge is 0.304 e. The van der Waals surface area contributed by atoms with Crippen LogP contribution < -0.4 is 0 Å². The molecule has 0 bridgehead atoms. The lowest BCUT2D eigenvalue weighted by atomic mass is 9.95. The zero-order chi connectivity index (χ0) is 12.5. The van der Waals surface area contributed by atoms with Crippen molar-refractivity contribution in [1.82, 2.24) is 9.80 Å². The first-order chi connectivity index (χ1) is 8.26. The molecule has 2 nitrogen and oxygen atoms in total. The van der Waals surface area contributed by atoms with Crippen LogP contribution in [0.2, 0.25) is 0 Å². The third-order valence-corrected chi connectivity index (χ3v) is 4.04. The molecule has 0 aromatic carbocycles. The van der Waals surface area contributed by atoms with Crippen LogP contribution in [0.15, 0.2) is 0 Å². The third kappa shape index (κ3) is 6.42. The standard InChI is InChI=1S/C15H32N2/c1-4-6-8-15(9-7-5-2)14-17-12-10-16(3)11-13-17/h15H,4-14H2,1-3H3. The summed E-state index contributed by atoms with van der Waals surface area (Å²) in [5.41, 5.74) is 0. The van der Waals surface area contributed by atoms with Crippen LogP contribution in [0.1, 0.15) is 52.4 Å². The predicted octanol–water partition coefficient (Wildman–Crippen LogP) is 3.23. The second-order valence-corrected chi connectivity index (χ2v) is 5.75. The summed E-state index contributed by atoms with van der Waals surface area (Å²) < 4.78 is 0. The number of hydrogen-bond donors (Lipinski definition) is 0. The molecule has 0 radical (unpaired) electrons. The average Bonchev–Trinajstić information content (AvgIpc) is 2.35. The SMILES string of the molecule is CCCCC(CCCC)CN1CCN(C)CC1. The van der Waals surface area contributed by atoms with Gasteiger partial charge in [-0.3, -0.25) is 0 Å². The fraction of sp³-hybridized carbons (Fsp3) is 1.00. The zero-order valence-corrected chi connectivity index (χ0v) is 12.2. The highest BCUT2D eigenvalue weighted by molar-refractivity contribution is 4.73. The van der Waals surface area contributed by atoms with Gasteiger partial charge in [0.05, 0.1) is 0 Å². The molecule has 1 aliphatic heterocycles. The Morgan fingerprint density at radius 1 is 0.882 bits per heavy atom. The van der Waals surface area contributed by atoms with Gasteiger partial charge in [0.1, 0.15) is 0 Å². The van der Waals surface area contributed by atoms with Crippen LogP contribution >= 0.6 is 0 Å². The maximum absolute atomic E-state index is 2.69. The lowest BCUT2D eigenvalue weighted by Gasteiger charge is -2.34. The minimum absolute atomic E-state index is 0.957. The molecule has 0 N–H and O–H groups in total. The Balaban J connectivity index is 2.25. The molecule has 1 aliphatic rings. The number of rotatable bonds is 8. The van der Waals surface area contributed by atoms with Gasteiger partial charge in [-0.1, -0.05) is 39.5 Å². The van der Waals surface area contributed by atoms with Crippen LogP contribution in [0.5, 0.6) is 0 Å². The first kappa shape index (κ1) is 15.0. The molecule has 0 unspecified atom stereocenters. The highest BCUT2D eigenvalue weighted by Crippen LogP contribution is 2.18. The first-order valence-corrected chi connectivity index (χ1v) is 7.67. The van der Waals surface area contributed by atoms with E-state index in [1.165, 1.54) is 71.2 Å². The molecular formula is C15H32N2. The van der Waals surface area contributed by atoms with Crippen molar-refractivity contribution in [2.45, 2.75) is 52.4 Å². The Morgan fingerprint density at radius 3 is 1.88 bits per heavy atom. The third-order valence-electron chi connectivity index (χ3n) is 4.04. The molecule has 0 saturated carbocycles. The van der Waals surface area contributed by atoms with Crippen LogP contribution in [0.3, 0.4) is 0 Å². The summed E-state index contributed by atoms with van der Waals surface area (Å²) in [5, 5.41) is 0. The Morgan fingerprint density at radius 2 is 1.41 bits per heavy atom. The van der Waals surface area contributed by atoms with Gasteiger partial charge in [0, 0.05) is 32.7 Å². The molecule has 1 rings (SSSR count). The van der Waals surface area contributed by atoms with Gasteiger partial charge in [-0.05, 0) is 25.8 Å². The number of nitrogens with zero attached hydrogens (tertiary/aromatic N) is 2. The molecular weight excluding hydrogens is 208 g/mol. The van der Waals surface area contributed by atoms with Gasteiger partial charge >= 0.3 is 0 Å². The van der Waals surface area contributed by atoms with E-state index in [2.05, 4.69) is 30.7 Å². The molecule has 2 heteroatoms. The Kier molecular flexibility index (Phi) is 7.87. The fourth-order valence-corrected chi connectivity index (χ4v) is 2.71. The highest BCUT2D eigenvalue weighted by atomic mass is 15.2. The van der Waals surface area contributed by atoms with Crippen LogP contribution in [0.25, 0.3) is 0 Å². The minimum Gasteiger partial charge on any atom is -0.304 e. The molecule has 1 saturated heterocycles. The molecule has 0 aromatic rings. The number of likely N-dealkylation sites (N-methyl/N-ethyl adjacent to an activating group) is 1. The molecule has 0 atom stereocenters. The van der Waals surface area contributed by atoms with E-state index in [1.807, 2.05) is 0 Å². The van der Waals surface area contributed by atoms with E-state index >= 15 is 0 Å².